The highest BCUT2D eigenvalue weighted by Gasteiger charge is 2.29. The van der Waals surface area contributed by atoms with Gasteiger partial charge in [0.1, 0.15) is 0 Å². The average Bonchev–Trinajstić information content (AvgIpc) is 3.20. The summed E-state index contributed by atoms with van der Waals surface area (Å²) in [5, 5.41) is 11.6. The minimum atomic E-state index is -1.05. The SMILES string of the molecule is CC(NC(=O)c1ccncc1C=CC(=O)O)C1CC1. The molecule has 0 spiro atoms. The van der Waals surface area contributed by atoms with Crippen LogP contribution in [-0.4, -0.2) is 28.0 Å². The molecule has 1 aromatic heterocycles. The smallest absolute Gasteiger partial charge is 0.328 e. The molecule has 1 saturated carbocycles. The van der Waals surface area contributed by atoms with E-state index < -0.39 is 5.97 Å². The molecule has 1 aliphatic carbocycles. The van der Waals surface area contributed by atoms with Gasteiger partial charge < -0.3 is 10.4 Å². The predicted octanol–water partition coefficient (Wildman–Crippen LogP) is 1.71. The van der Waals surface area contributed by atoms with Crippen molar-refractivity contribution in [1.29, 1.82) is 0 Å². The van der Waals surface area contributed by atoms with E-state index in [9.17, 15) is 9.59 Å². The number of carboxylic acids is 1. The van der Waals surface area contributed by atoms with Crippen LogP contribution in [0.15, 0.2) is 24.5 Å². The third-order valence-electron chi connectivity index (χ3n) is 3.19. The molecular formula is C14H16N2O3. The third-order valence-corrected chi connectivity index (χ3v) is 3.19. The zero-order valence-electron chi connectivity index (χ0n) is 10.7. The zero-order chi connectivity index (χ0) is 13.8. The van der Waals surface area contributed by atoms with E-state index in [0.717, 1.165) is 18.9 Å². The first-order valence-electron chi connectivity index (χ1n) is 6.24. The summed E-state index contributed by atoms with van der Waals surface area (Å²) < 4.78 is 0. The van der Waals surface area contributed by atoms with Gasteiger partial charge in [-0.3, -0.25) is 9.78 Å². The van der Waals surface area contributed by atoms with Gasteiger partial charge in [0.25, 0.3) is 5.91 Å². The van der Waals surface area contributed by atoms with Crippen molar-refractivity contribution >= 4 is 18.0 Å². The molecule has 100 valence electrons. The van der Waals surface area contributed by atoms with Crippen LogP contribution in [0.5, 0.6) is 0 Å². The van der Waals surface area contributed by atoms with Crippen molar-refractivity contribution in [3.63, 3.8) is 0 Å². The Hall–Kier alpha value is -2.17. The van der Waals surface area contributed by atoms with Crippen LogP contribution in [0, 0.1) is 5.92 Å². The summed E-state index contributed by atoms with van der Waals surface area (Å²) in [6.07, 6.45) is 7.70. The second kappa shape index (κ2) is 5.65. The Bertz CT molecular complexity index is 521. The fraction of sp³-hybridized carbons (Fsp3) is 0.357. The maximum Gasteiger partial charge on any atom is 0.328 e. The number of carbonyl (C=O) groups is 2. The van der Waals surface area contributed by atoms with Crippen LogP contribution in [0.3, 0.4) is 0 Å². The van der Waals surface area contributed by atoms with E-state index in [4.69, 9.17) is 5.11 Å². The summed E-state index contributed by atoms with van der Waals surface area (Å²) in [6, 6.07) is 1.74. The standard InChI is InChI=1S/C14H16N2O3/c1-9(10-2-3-10)16-14(19)12-6-7-15-8-11(12)4-5-13(17)18/h4-10H,2-3H2,1H3,(H,16,19)(H,17,18). The minimum Gasteiger partial charge on any atom is -0.478 e. The Morgan fingerprint density at radius 2 is 2.26 bits per heavy atom. The topological polar surface area (TPSA) is 79.3 Å². The van der Waals surface area contributed by atoms with Gasteiger partial charge in [-0.05, 0) is 37.8 Å². The van der Waals surface area contributed by atoms with Crippen LogP contribution in [0.1, 0.15) is 35.7 Å². The summed E-state index contributed by atoms with van der Waals surface area (Å²) in [5.74, 6) is -0.669. The average molecular weight is 260 g/mol. The monoisotopic (exact) mass is 260 g/mol. The molecular weight excluding hydrogens is 244 g/mol. The molecule has 0 aromatic carbocycles. The molecule has 1 aromatic rings. The van der Waals surface area contributed by atoms with E-state index in [-0.39, 0.29) is 11.9 Å². The maximum absolute atomic E-state index is 12.1. The van der Waals surface area contributed by atoms with E-state index in [1.165, 1.54) is 18.5 Å². The van der Waals surface area contributed by atoms with Crippen molar-refractivity contribution in [3.8, 4) is 0 Å². The van der Waals surface area contributed by atoms with Crippen molar-refractivity contribution in [3.05, 3.63) is 35.7 Å². The van der Waals surface area contributed by atoms with Gasteiger partial charge in [-0.25, -0.2) is 4.79 Å². The Kier molecular flexibility index (Phi) is 3.94. The number of carboxylic acid groups (broad SMARTS) is 1. The lowest BCUT2D eigenvalue weighted by atomic mass is 10.1. The molecule has 5 heteroatoms. The molecule has 0 saturated heterocycles. The third kappa shape index (κ3) is 3.64. The number of hydrogen-bond acceptors (Lipinski definition) is 3. The van der Waals surface area contributed by atoms with Gasteiger partial charge in [-0.2, -0.15) is 0 Å². The van der Waals surface area contributed by atoms with E-state index in [2.05, 4.69) is 10.3 Å². The highest BCUT2D eigenvalue weighted by atomic mass is 16.4. The van der Waals surface area contributed by atoms with E-state index in [1.807, 2.05) is 6.92 Å². The van der Waals surface area contributed by atoms with Gasteiger partial charge in [0.15, 0.2) is 0 Å². The molecule has 1 heterocycles. The summed E-state index contributed by atoms with van der Waals surface area (Å²) in [7, 11) is 0. The largest absolute Gasteiger partial charge is 0.478 e. The molecule has 1 fully saturated rings. The normalized spacial score (nSPS) is 16.3. The molecule has 1 aliphatic rings. The summed E-state index contributed by atoms with van der Waals surface area (Å²) >= 11 is 0. The molecule has 0 bridgehead atoms. The highest BCUT2D eigenvalue weighted by Crippen LogP contribution is 2.32. The quantitative estimate of drug-likeness (QED) is 0.790. The number of nitrogens with zero attached hydrogens (tertiary/aromatic N) is 1. The lowest BCUT2D eigenvalue weighted by Gasteiger charge is -2.13. The second-order valence-electron chi connectivity index (χ2n) is 4.73. The van der Waals surface area contributed by atoms with Crippen molar-refractivity contribution < 1.29 is 14.7 Å². The molecule has 19 heavy (non-hydrogen) atoms. The van der Waals surface area contributed by atoms with Crippen molar-refractivity contribution in [2.45, 2.75) is 25.8 Å². The van der Waals surface area contributed by atoms with Crippen LogP contribution in [0.25, 0.3) is 6.08 Å². The van der Waals surface area contributed by atoms with Gasteiger partial charge in [0, 0.05) is 35.6 Å². The Balaban J connectivity index is 2.13. The number of carbonyl (C=O) groups excluding carboxylic acids is 1. The molecule has 2 rings (SSSR count). The van der Waals surface area contributed by atoms with Gasteiger partial charge in [0.2, 0.25) is 0 Å². The predicted molar refractivity (Wildman–Crippen MR) is 70.6 cm³/mol. The number of rotatable bonds is 5. The number of aromatic nitrogens is 1. The lowest BCUT2D eigenvalue weighted by Crippen LogP contribution is -2.34. The summed E-state index contributed by atoms with van der Waals surface area (Å²) in [6.45, 7) is 1.99. The Morgan fingerprint density at radius 1 is 1.53 bits per heavy atom. The lowest BCUT2D eigenvalue weighted by molar-refractivity contribution is -0.131. The number of pyridine rings is 1. The molecule has 2 N–H and O–H groups in total. The Morgan fingerprint density at radius 3 is 2.89 bits per heavy atom. The maximum atomic E-state index is 12.1. The van der Waals surface area contributed by atoms with Gasteiger partial charge in [-0.1, -0.05) is 0 Å². The number of amides is 1. The van der Waals surface area contributed by atoms with Gasteiger partial charge in [0.05, 0.1) is 0 Å². The minimum absolute atomic E-state index is 0.150. The van der Waals surface area contributed by atoms with Crippen LogP contribution in [0.4, 0.5) is 0 Å². The molecule has 0 aliphatic heterocycles. The van der Waals surface area contributed by atoms with E-state index in [0.29, 0.717) is 17.0 Å². The van der Waals surface area contributed by atoms with Crippen LogP contribution >= 0.6 is 0 Å². The van der Waals surface area contributed by atoms with Crippen molar-refractivity contribution in [1.82, 2.24) is 10.3 Å². The zero-order valence-corrected chi connectivity index (χ0v) is 10.7. The first-order valence-corrected chi connectivity index (χ1v) is 6.24. The van der Waals surface area contributed by atoms with Gasteiger partial charge >= 0.3 is 5.97 Å². The first-order chi connectivity index (χ1) is 9.08. The summed E-state index contributed by atoms with van der Waals surface area (Å²) in [4.78, 5) is 26.6. The molecule has 1 amide bonds. The van der Waals surface area contributed by atoms with E-state index in [1.54, 1.807) is 6.07 Å². The fourth-order valence-electron chi connectivity index (χ4n) is 1.91. The van der Waals surface area contributed by atoms with E-state index >= 15 is 0 Å². The number of nitrogens with one attached hydrogen (secondary N) is 1. The Labute approximate surface area is 111 Å². The van der Waals surface area contributed by atoms with Crippen LogP contribution in [0.2, 0.25) is 0 Å². The highest BCUT2D eigenvalue weighted by molar-refractivity contribution is 5.98. The number of hydrogen-bond donors (Lipinski definition) is 2. The second-order valence-corrected chi connectivity index (χ2v) is 4.73. The molecule has 1 atom stereocenters. The molecule has 5 nitrogen and oxygen atoms in total. The van der Waals surface area contributed by atoms with Crippen molar-refractivity contribution in [2.24, 2.45) is 5.92 Å². The van der Waals surface area contributed by atoms with Crippen LogP contribution in [-0.2, 0) is 4.79 Å². The fourth-order valence-corrected chi connectivity index (χ4v) is 1.91. The van der Waals surface area contributed by atoms with Crippen molar-refractivity contribution in [2.75, 3.05) is 0 Å². The first kappa shape index (κ1) is 13.3. The van der Waals surface area contributed by atoms with Crippen LogP contribution < -0.4 is 5.32 Å². The summed E-state index contributed by atoms with van der Waals surface area (Å²) in [5.41, 5.74) is 0.949. The van der Waals surface area contributed by atoms with Gasteiger partial charge in [-0.15, -0.1) is 0 Å². The molecule has 0 radical (unpaired) electrons. The number of aliphatic carboxylic acids is 1. The molecule has 1 unspecified atom stereocenters.